The molecule has 1 aliphatic carbocycles. The van der Waals surface area contributed by atoms with Gasteiger partial charge in [0.25, 0.3) is 0 Å². The molecule has 1 heterocycles. The van der Waals surface area contributed by atoms with E-state index in [1.54, 1.807) is 0 Å². The van der Waals surface area contributed by atoms with Crippen molar-refractivity contribution in [2.45, 2.75) is 56.5 Å². The molecule has 0 amide bonds. The van der Waals surface area contributed by atoms with Gasteiger partial charge in [0.2, 0.25) is 0 Å². The first-order valence-electron chi connectivity index (χ1n) is 7.00. The molecule has 1 saturated heterocycles. The fraction of sp³-hybridized carbons (Fsp3) is 0.562. The zero-order valence-electron chi connectivity index (χ0n) is 10.9. The molecular formula is C16H20O2. The number of benzene rings is 1. The molecule has 1 spiro atoms. The Hall–Kier alpha value is -1.31. The molecule has 18 heavy (non-hydrogen) atoms. The summed E-state index contributed by atoms with van der Waals surface area (Å²) >= 11 is 0. The highest BCUT2D eigenvalue weighted by atomic mass is 16.6. The lowest BCUT2D eigenvalue weighted by Gasteiger charge is -2.29. The Balaban J connectivity index is 1.94. The number of hydrogen-bond acceptors (Lipinski definition) is 2. The maximum absolute atomic E-state index is 11.6. The van der Waals surface area contributed by atoms with E-state index >= 15 is 0 Å². The van der Waals surface area contributed by atoms with Crippen molar-refractivity contribution in [3.8, 4) is 0 Å². The van der Waals surface area contributed by atoms with E-state index in [1.807, 2.05) is 6.07 Å². The molecular weight excluding hydrogens is 224 g/mol. The highest BCUT2D eigenvalue weighted by Gasteiger charge is 2.70. The van der Waals surface area contributed by atoms with E-state index < -0.39 is 0 Å². The fourth-order valence-corrected chi connectivity index (χ4v) is 3.75. The van der Waals surface area contributed by atoms with Crippen LogP contribution in [0.5, 0.6) is 0 Å². The third-order valence-corrected chi connectivity index (χ3v) is 4.61. The summed E-state index contributed by atoms with van der Waals surface area (Å²) in [5, 5.41) is 0. The Morgan fingerprint density at radius 1 is 1.28 bits per heavy atom. The largest absolute Gasteiger partial charge is 0.458 e. The molecule has 0 aromatic heterocycles. The topological polar surface area (TPSA) is 26.3 Å². The summed E-state index contributed by atoms with van der Waals surface area (Å²) in [5.74, 6) is -0.00448. The van der Waals surface area contributed by atoms with E-state index in [2.05, 4.69) is 31.2 Å². The summed E-state index contributed by atoms with van der Waals surface area (Å²) in [7, 11) is 0. The van der Waals surface area contributed by atoms with Crippen LogP contribution < -0.4 is 0 Å². The van der Waals surface area contributed by atoms with Gasteiger partial charge in [-0.15, -0.1) is 0 Å². The Kier molecular flexibility index (Phi) is 2.69. The van der Waals surface area contributed by atoms with Crippen LogP contribution in [0.25, 0.3) is 0 Å². The predicted octanol–water partition coefficient (Wildman–Crippen LogP) is 3.59. The minimum atomic E-state index is -0.181. The average Bonchev–Trinajstić information content (AvgIpc) is 2.98. The second-order valence-corrected chi connectivity index (χ2v) is 5.70. The number of carbonyl (C=O) groups excluding carboxylic acids is 1. The van der Waals surface area contributed by atoms with Gasteiger partial charge in [0.15, 0.2) is 0 Å². The fourth-order valence-electron chi connectivity index (χ4n) is 3.75. The Bertz CT molecular complexity index is 453. The van der Waals surface area contributed by atoms with Gasteiger partial charge < -0.3 is 4.74 Å². The van der Waals surface area contributed by atoms with Crippen molar-refractivity contribution >= 4 is 5.97 Å². The van der Waals surface area contributed by atoms with Crippen molar-refractivity contribution in [2.24, 2.45) is 0 Å². The molecule has 3 rings (SSSR count). The number of hydrogen-bond donors (Lipinski definition) is 0. The van der Waals surface area contributed by atoms with E-state index in [-0.39, 0.29) is 17.0 Å². The maximum Gasteiger partial charge on any atom is 0.306 e. The summed E-state index contributed by atoms with van der Waals surface area (Å²) < 4.78 is 5.77. The van der Waals surface area contributed by atoms with Gasteiger partial charge >= 0.3 is 5.97 Å². The van der Waals surface area contributed by atoms with Crippen molar-refractivity contribution in [3.05, 3.63) is 35.9 Å². The zero-order valence-corrected chi connectivity index (χ0v) is 10.9. The van der Waals surface area contributed by atoms with Gasteiger partial charge in [-0.1, -0.05) is 43.7 Å². The van der Waals surface area contributed by atoms with Gasteiger partial charge in [-0.05, 0) is 24.8 Å². The van der Waals surface area contributed by atoms with Crippen LogP contribution in [0, 0.1) is 0 Å². The minimum absolute atomic E-state index is 0.00448. The van der Waals surface area contributed by atoms with E-state index in [0.29, 0.717) is 6.42 Å². The molecule has 2 fully saturated rings. The molecule has 2 aliphatic rings. The molecule has 2 heteroatoms. The maximum atomic E-state index is 11.6. The van der Waals surface area contributed by atoms with Crippen LogP contribution in [-0.2, 0) is 14.9 Å². The van der Waals surface area contributed by atoms with Crippen molar-refractivity contribution in [3.63, 3.8) is 0 Å². The van der Waals surface area contributed by atoms with Crippen molar-refractivity contribution in [2.75, 3.05) is 0 Å². The normalized spacial score (nSPS) is 34.4. The monoisotopic (exact) mass is 244 g/mol. The minimum Gasteiger partial charge on any atom is -0.458 e. The highest BCUT2D eigenvalue weighted by molar-refractivity contribution is 5.72. The van der Waals surface area contributed by atoms with Crippen LogP contribution >= 0.6 is 0 Å². The molecule has 1 aromatic rings. The van der Waals surface area contributed by atoms with Crippen LogP contribution in [0.3, 0.4) is 0 Å². The molecule has 1 saturated carbocycles. The van der Waals surface area contributed by atoms with E-state index in [1.165, 1.54) is 5.56 Å². The van der Waals surface area contributed by atoms with Crippen LogP contribution in [0.4, 0.5) is 0 Å². The first-order valence-corrected chi connectivity index (χ1v) is 7.00. The molecule has 0 bridgehead atoms. The number of rotatable bonds is 3. The van der Waals surface area contributed by atoms with Crippen molar-refractivity contribution in [1.82, 2.24) is 0 Å². The van der Waals surface area contributed by atoms with Gasteiger partial charge in [-0.25, -0.2) is 0 Å². The van der Waals surface area contributed by atoms with Gasteiger partial charge in [0.05, 0.1) is 0 Å². The second kappa shape index (κ2) is 4.11. The number of esters is 1. The van der Waals surface area contributed by atoms with E-state index in [0.717, 1.165) is 32.1 Å². The first kappa shape index (κ1) is 11.8. The summed E-state index contributed by atoms with van der Waals surface area (Å²) in [6, 6.07) is 10.6. The first-order chi connectivity index (χ1) is 8.72. The van der Waals surface area contributed by atoms with Crippen LogP contribution in [0.15, 0.2) is 30.3 Å². The summed E-state index contributed by atoms with van der Waals surface area (Å²) in [4.78, 5) is 11.6. The molecule has 0 radical (unpaired) electrons. The highest BCUT2D eigenvalue weighted by Crippen LogP contribution is 2.66. The smallest absolute Gasteiger partial charge is 0.306 e. The second-order valence-electron chi connectivity index (χ2n) is 5.70. The van der Waals surface area contributed by atoms with E-state index in [4.69, 9.17) is 4.74 Å². The lowest BCUT2D eigenvalue weighted by Crippen LogP contribution is -2.33. The summed E-state index contributed by atoms with van der Waals surface area (Å²) in [6.45, 7) is 2.21. The summed E-state index contributed by atoms with van der Waals surface area (Å²) in [5.41, 5.74) is 1.26. The Morgan fingerprint density at radius 3 is 2.72 bits per heavy atom. The SMILES string of the molecule is CCC[C@]1(c2ccccc2)C[C@@]12CCCC(=O)O2. The van der Waals surface area contributed by atoms with Crippen molar-refractivity contribution in [1.29, 1.82) is 0 Å². The Morgan fingerprint density at radius 2 is 2.06 bits per heavy atom. The molecule has 1 aliphatic heterocycles. The predicted molar refractivity (Wildman–Crippen MR) is 70.3 cm³/mol. The van der Waals surface area contributed by atoms with E-state index in [9.17, 15) is 4.79 Å². The third kappa shape index (κ3) is 1.58. The lowest BCUT2D eigenvalue weighted by molar-refractivity contribution is -0.158. The van der Waals surface area contributed by atoms with Gasteiger partial charge in [0, 0.05) is 18.3 Å². The average molecular weight is 244 g/mol. The van der Waals surface area contributed by atoms with Gasteiger partial charge in [-0.3, -0.25) is 4.79 Å². The Labute approximate surface area is 108 Å². The summed E-state index contributed by atoms with van der Waals surface area (Å²) in [6.07, 6.45) is 5.88. The van der Waals surface area contributed by atoms with Crippen LogP contribution in [0.2, 0.25) is 0 Å². The van der Waals surface area contributed by atoms with Crippen LogP contribution in [0.1, 0.15) is 51.0 Å². The zero-order chi connectivity index (χ0) is 12.6. The van der Waals surface area contributed by atoms with Crippen LogP contribution in [-0.4, -0.2) is 11.6 Å². The molecule has 0 N–H and O–H groups in total. The lowest BCUT2D eigenvalue weighted by atomic mass is 9.85. The molecule has 0 unspecified atom stereocenters. The van der Waals surface area contributed by atoms with Gasteiger partial charge in [0.1, 0.15) is 5.60 Å². The number of ether oxygens (including phenoxy) is 1. The van der Waals surface area contributed by atoms with Crippen molar-refractivity contribution < 1.29 is 9.53 Å². The molecule has 2 atom stereocenters. The molecule has 2 nitrogen and oxygen atoms in total. The quantitative estimate of drug-likeness (QED) is 0.759. The van der Waals surface area contributed by atoms with Gasteiger partial charge in [-0.2, -0.15) is 0 Å². The molecule has 96 valence electrons. The third-order valence-electron chi connectivity index (χ3n) is 4.61. The standard InChI is InChI=1S/C16H20O2/c1-2-10-15(13-7-4-3-5-8-13)12-16(15)11-6-9-14(17)18-16/h3-5,7-8H,2,6,9-12H2,1H3/t15-,16+/m1/s1. The molecule has 1 aromatic carbocycles. The number of carbonyl (C=O) groups is 1.